The van der Waals surface area contributed by atoms with Gasteiger partial charge in [0.25, 0.3) is 0 Å². The predicted molar refractivity (Wildman–Crippen MR) is 58.9 cm³/mol. The van der Waals surface area contributed by atoms with Crippen molar-refractivity contribution in [3.8, 4) is 0 Å². The lowest BCUT2D eigenvalue weighted by Crippen LogP contribution is -2.17. The van der Waals surface area contributed by atoms with Gasteiger partial charge in [0.1, 0.15) is 6.61 Å². The largest absolute Gasteiger partial charge is 0.382 e. The second-order valence-corrected chi connectivity index (χ2v) is 4.29. The van der Waals surface area contributed by atoms with Crippen molar-refractivity contribution >= 4 is 5.78 Å². The van der Waals surface area contributed by atoms with E-state index in [1.165, 1.54) is 32.1 Å². The molecule has 0 atom stereocenters. The average molecular weight is 214 g/mol. The molecule has 0 N–H and O–H groups in total. The zero-order valence-corrected chi connectivity index (χ0v) is 9.67. The van der Waals surface area contributed by atoms with Crippen molar-refractivity contribution in [2.24, 2.45) is 5.92 Å². The molecule has 0 heterocycles. The molecule has 0 spiro atoms. The van der Waals surface area contributed by atoms with Gasteiger partial charge in [0.15, 0.2) is 5.78 Å². The van der Waals surface area contributed by atoms with Crippen molar-refractivity contribution in [2.75, 3.05) is 26.9 Å². The molecule has 88 valence electrons. The number of ether oxygens (including phenoxy) is 2. The Morgan fingerprint density at radius 2 is 1.93 bits per heavy atom. The molecule has 0 radical (unpaired) electrons. The van der Waals surface area contributed by atoms with Crippen LogP contribution >= 0.6 is 0 Å². The fourth-order valence-electron chi connectivity index (χ4n) is 2.10. The minimum absolute atomic E-state index is 0.248. The fourth-order valence-corrected chi connectivity index (χ4v) is 2.10. The third kappa shape index (κ3) is 5.90. The Bertz CT molecular complexity index is 174. The van der Waals surface area contributed by atoms with E-state index in [-0.39, 0.29) is 12.4 Å². The number of Topliss-reactive ketones (excluding diaryl/α,β-unsaturated/α-hetero) is 1. The van der Waals surface area contributed by atoms with Crippen molar-refractivity contribution in [3.05, 3.63) is 0 Å². The van der Waals surface area contributed by atoms with E-state index in [4.69, 9.17) is 9.47 Å². The summed E-state index contributed by atoms with van der Waals surface area (Å²) in [6.07, 6.45) is 7.10. The van der Waals surface area contributed by atoms with Crippen LogP contribution in [0.25, 0.3) is 0 Å². The van der Waals surface area contributed by atoms with E-state index in [0.29, 0.717) is 25.6 Å². The topological polar surface area (TPSA) is 35.5 Å². The molecule has 0 aromatic heterocycles. The van der Waals surface area contributed by atoms with Crippen LogP contribution in [-0.2, 0) is 14.3 Å². The molecule has 1 aliphatic rings. The summed E-state index contributed by atoms with van der Waals surface area (Å²) in [4.78, 5) is 11.5. The number of carbonyl (C=O) groups excluding carboxylic acids is 1. The summed E-state index contributed by atoms with van der Waals surface area (Å²) in [5.74, 6) is 0.871. The average Bonchev–Trinajstić information content (AvgIpc) is 2.26. The SMILES string of the molecule is COCCOCC(=O)CC1CCCCC1. The van der Waals surface area contributed by atoms with E-state index >= 15 is 0 Å². The van der Waals surface area contributed by atoms with Gasteiger partial charge < -0.3 is 9.47 Å². The van der Waals surface area contributed by atoms with Gasteiger partial charge in [-0.1, -0.05) is 32.1 Å². The number of hydrogen-bond acceptors (Lipinski definition) is 3. The molecule has 0 bridgehead atoms. The molecule has 1 fully saturated rings. The van der Waals surface area contributed by atoms with Gasteiger partial charge in [-0.2, -0.15) is 0 Å². The third-order valence-corrected chi connectivity index (χ3v) is 2.94. The van der Waals surface area contributed by atoms with Gasteiger partial charge >= 0.3 is 0 Å². The maximum Gasteiger partial charge on any atom is 0.158 e. The smallest absolute Gasteiger partial charge is 0.158 e. The lowest BCUT2D eigenvalue weighted by atomic mass is 9.86. The van der Waals surface area contributed by atoms with Crippen molar-refractivity contribution < 1.29 is 14.3 Å². The maximum absolute atomic E-state index is 11.5. The van der Waals surface area contributed by atoms with E-state index in [9.17, 15) is 4.79 Å². The van der Waals surface area contributed by atoms with E-state index < -0.39 is 0 Å². The zero-order valence-electron chi connectivity index (χ0n) is 9.67. The second kappa shape index (κ2) is 7.83. The maximum atomic E-state index is 11.5. The molecule has 0 unspecified atom stereocenters. The van der Waals surface area contributed by atoms with Crippen LogP contribution < -0.4 is 0 Å². The van der Waals surface area contributed by atoms with E-state index in [1.54, 1.807) is 7.11 Å². The lowest BCUT2D eigenvalue weighted by molar-refractivity contribution is -0.125. The summed E-state index contributed by atoms with van der Waals surface area (Å²) in [6.45, 7) is 1.35. The van der Waals surface area contributed by atoms with E-state index in [1.807, 2.05) is 0 Å². The minimum Gasteiger partial charge on any atom is -0.382 e. The van der Waals surface area contributed by atoms with Crippen molar-refractivity contribution in [1.29, 1.82) is 0 Å². The van der Waals surface area contributed by atoms with Crippen LogP contribution in [0.4, 0.5) is 0 Å². The normalized spacial score (nSPS) is 17.9. The standard InChI is InChI=1S/C12H22O3/c1-14-7-8-15-10-12(13)9-11-5-3-2-4-6-11/h11H,2-10H2,1H3. The first-order valence-electron chi connectivity index (χ1n) is 5.91. The Hall–Kier alpha value is -0.410. The Morgan fingerprint density at radius 1 is 1.20 bits per heavy atom. The number of methoxy groups -OCH3 is 1. The number of ketones is 1. The highest BCUT2D eigenvalue weighted by Gasteiger charge is 2.16. The van der Waals surface area contributed by atoms with E-state index in [2.05, 4.69) is 0 Å². The molecular formula is C12H22O3. The number of carbonyl (C=O) groups is 1. The van der Waals surface area contributed by atoms with Gasteiger partial charge in [-0.3, -0.25) is 4.79 Å². The summed E-state index contributed by atoms with van der Waals surface area (Å²) in [5, 5.41) is 0. The first-order chi connectivity index (χ1) is 7.33. The van der Waals surface area contributed by atoms with Gasteiger partial charge in [-0.25, -0.2) is 0 Å². The van der Waals surface area contributed by atoms with Gasteiger partial charge in [-0.15, -0.1) is 0 Å². The highest BCUT2D eigenvalue weighted by Crippen LogP contribution is 2.26. The molecule has 1 saturated carbocycles. The van der Waals surface area contributed by atoms with Crippen LogP contribution in [0.5, 0.6) is 0 Å². The Morgan fingerprint density at radius 3 is 2.60 bits per heavy atom. The highest BCUT2D eigenvalue weighted by atomic mass is 16.5. The van der Waals surface area contributed by atoms with Crippen LogP contribution in [0.1, 0.15) is 38.5 Å². The van der Waals surface area contributed by atoms with Gasteiger partial charge in [0.2, 0.25) is 0 Å². The Balaban J connectivity index is 2.01. The summed E-state index contributed by atoms with van der Waals surface area (Å²) in [5.41, 5.74) is 0. The molecule has 15 heavy (non-hydrogen) atoms. The zero-order chi connectivity index (χ0) is 10.9. The summed E-state index contributed by atoms with van der Waals surface area (Å²) in [7, 11) is 1.63. The first kappa shape index (κ1) is 12.7. The molecule has 0 amide bonds. The molecular weight excluding hydrogens is 192 g/mol. The first-order valence-corrected chi connectivity index (χ1v) is 5.91. The molecule has 0 aliphatic heterocycles. The Kier molecular flexibility index (Phi) is 6.60. The van der Waals surface area contributed by atoms with Crippen LogP contribution in [0.2, 0.25) is 0 Å². The van der Waals surface area contributed by atoms with Crippen molar-refractivity contribution in [3.63, 3.8) is 0 Å². The monoisotopic (exact) mass is 214 g/mol. The third-order valence-electron chi connectivity index (χ3n) is 2.94. The van der Waals surface area contributed by atoms with Gasteiger partial charge in [0.05, 0.1) is 13.2 Å². The summed E-state index contributed by atoms with van der Waals surface area (Å²) in [6, 6.07) is 0. The summed E-state index contributed by atoms with van der Waals surface area (Å²) >= 11 is 0. The molecule has 0 saturated heterocycles. The van der Waals surface area contributed by atoms with E-state index in [0.717, 1.165) is 0 Å². The molecule has 3 nitrogen and oxygen atoms in total. The number of rotatable bonds is 7. The number of hydrogen-bond donors (Lipinski definition) is 0. The minimum atomic E-state index is 0.248. The van der Waals surface area contributed by atoms with Gasteiger partial charge in [0, 0.05) is 13.5 Å². The fraction of sp³-hybridized carbons (Fsp3) is 0.917. The van der Waals surface area contributed by atoms with Crippen molar-refractivity contribution in [1.82, 2.24) is 0 Å². The van der Waals surface area contributed by atoms with Gasteiger partial charge in [-0.05, 0) is 5.92 Å². The Labute approximate surface area is 92.1 Å². The molecule has 3 heteroatoms. The highest BCUT2D eigenvalue weighted by molar-refractivity contribution is 5.79. The van der Waals surface area contributed by atoms with Crippen LogP contribution in [0.3, 0.4) is 0 Å². The summed E-state index contributed by atoms with van der Waals surface area (Å²) < 4.78 is 10.0. The molecule has 0 aromatic rings. The molecule has 1 aliphatic carbocycles. The van der Waals surface area contributed by atoms with Crippen LogP contribution in [-0.4, -0.2) is 32.7 Å². The lowest BCUT2D eigenvalue weighted by Gasteiger charge is -2.20. The van der Waals surface area contributed by atoms with Crippen LogP contribution in [0, 0.1) is 5.92 Å². The second-order valence-electron chi connectivity index (χ2n) is 4.29. The predicted octanol–water partition coefficient (Wildman–Crippen LogP) is 2.19. The molecule has 1 rings (SSSR count). The van der Waals surface area contributed by atoms with Crippen LogP contribution in [0.15, 0.2) is 0 Å². The molecule has 0 aromatic carbocycles. The van der Waals surface area contributed by atoms with Crippen molar-refractivity contribution in [2.45, 2.75) is 38.5 Å². The quantitative estimate of drug-likeness (QED) is 0.609.